The lowest BCUT2D eigenvalue weighted by Gasteiger charge is -2.64. The molecule has 0 bridgehead atoms. The van der Waals surface area contributed by atoms with Gasteiger partial charge in [0.05, 0.1) is 6.10 Å². The number of aliphatic hydroxyl groups is 2. The molecule has 5 aliphatic carbocycles. The molecule has 3 N–H and O–H groups in total. The van der Waals surface area contributed by atoms with Gasteiger partial charge in [-0.1, -0.05) is 38.3 Å². The summed E-state index contributed by atoms with van der Waals surface area (Å²) in [6, 6.07) is -0.351. The van der Waals surface area contributed by atoms with Crippen molar-refractivity contribution in [2.75, 3.05) is 6.61 Å². The molecule has 8 heteroatoms. The van der Waals surface area contributed by atoms with Crippen LogP contribution in [0.5, 0.6) is 0 Å². The molecule has 198 valence electrons. The molecule has 4 fully saturated rings. The van der Waals surface area contributed by atoms with Crippen LogP contribution in [0.15, 0.2) is 23.8 Å². The highest BCUT2D eigenvalue weighted by Crippen LogP contribution is 2.72. The molecule has 0 heterocycles. The van der Waals surface area contributed by atoms with Crippen molar-refractivity contribution in [3.05, 3.63) is 23.8 Å². The molecular formula is C28H38FNO6. The highest BCUT2D eigenvalue weighted by atomic mass is 19.1. The summed E-state index contributed by atoms with van der Waals surface area (Å²) in [5.41, 5.74) is -5.14. The number of amides is 1. The fourth-order valence-electron chi connectivity index (χ4n) is 9.67. The molecule has 1 amide bonds. The van der Waals surface area contributed by atoms with Gasteiger partial charge < -0.3 is 15.3 Å². The maximum absolute atomic E-state index is 17.5. The van der Waals surface area contributed by atoms with Gasteiger partial charge in [-0.05, 0) is 69.4 Å². The van der Waals surface area contributed by atoms with Gasteiger partial charge in [0.15, 0.2) is 17.2 Å². The third kappa shape index (κ3) is 2.89. The van der Waals surface area contributed by atoms with Gasteiger partial charge in [0.1, 0.15) is 12.1 Å². The Labute approximate surface area is 211 Å². The number of rotatable bonds is 4. The van der Waals surface area contributed by atoms with E-state index < -0.39 is 58.5 Å². The number of aliphatic hydroxyl groups excluding tert-OH is 2. The molecule has 0 aromatic rings. The van der Waals surface area contributed by atoms with E-state index in [0.717, 1.165) is 12.8 Å². The number of carboxylic acid groups (broad SMARTS) is 1. The number of ketones is 2. The average molecular weight is 504 g/mol. The SMILES string of the molecule is C[C@H]1CC2C3CCC4=CC(=O)C=C[C@]4(C)C3(F)[C@@H](O)C[C@]2(C)[C@@]1(C(=O)CO)N(C(=O)O)C1CCCC1. The smallest absolute Gasteiger partial charge is 0.408 e. The second kappa shape index (κ2) is 8.22. The van der Waals surface area contributed by atoms with Crippen LogP contribution in [0.1, 0.15) is 72.1 Å². The Kier molecular flexibility index (Phi) is 5.84. The zero-order valence-electron chi connectivity index (χ0n) is 21.4. The number of carbonyl (C=O) groups is 3. The number of hydrogen-bond donors (Lipinski definition) is 3. The van der Waals surface area contributed by atoms with Gasteiger partial charge in [-0.2, -0.15) is 0 Å². The van der Waals surface area contributed by atoms with E-state index in [2.05, 4.69) is 0 Å². The Morgan fingerprint density at radius 2 is 1.83 bits per heavy atom. The lowest BCUT2D eigenvalue weighted by molar-refractivity contribution is -0.209. The van der Waals surface area contributed by atoms with E-state index in [4.69, 9.17) is 0 Å². The van der Waals surface area contributed by atoms with Crippen LogP contribution >= 0.6 is 0 Å². The molecular weight excluding hydrogens is 465 g/mol. The minimum atomic E-state index is -2.06. The number of Topliss-reactive ketones (excluding diaryl/α,β-unsaturated/α-hetero) is 1. The monoisotopic (exact) mass is 503 g/mol. The predicted octanol–water partition coefficient (Wildman–Crippen LogP) is 3.83. The van der Waals surface area contributed by atoms with E-state index in [1.807, 2.05) is 13.8 Å². The zero-order chi connectivity index (χ0) is 26.3. The predicted molar refractivity (Wildman–Crippen MR) is 130 cm³/mol. The second-order valence-corrected chi connectivity index (χ2v) is 12.3. The number of halogens is 1. The van der Waals surface area contributed by atoms with Crippen molar-refractivity contribution in [1.29, 1.82) is 0 Å². The van der Waals surface area contributed by atoms with Crippen LogP contribution in [0.4, 0.5) is 9.18 Å². The molecule has 0 aromatic carbocycles. The first kappa shape index (κ1) is 25.6. The third-order valence-electron chi connectivity index (χ3n) is 11.1. The first-order valence-corrected chi connectivity index (χ1v) is 13.4. The van der Waals surface area contributed by atoms with Crippen molar-refractivity contribution in [1.82, 2.24) is 4.90 Å². The van der Waals surface area contributed by atoms with Crippen molar-refractivity contribution >= 4 is 17.7 Å². The molecule has 4 saturated carbocycles. The molecule has 0 aromatic heterocycles. The molecule has 36 heavy (non-hydrogen) atoms. The second-order valence-electron chi connectivity index (χ2n) is 12.3. The summed E-state index contributed by atoms with van der Waals surface area (Å²) < 4.78 is 17.5. The topological polar surface area (TPSA) is 115 Å². The third-order valence-corrected chi connectivity index (χ3v) is 11.1. The van der Waals surface area contributed by atoms with Gasteiger partial charge >= 0.3 is 6.09 Å². The lowest BCUT2D eigenvalue weighted by atomic mass is 9.44. The van der Waals surface area contributed by atoms with Crippen LogP contribution < -0.4 is 0 Å². The van der Waals surface area contributed by atoms with Gasteiger partial charge in [0.25, 0.3) is 0 Å². The van der Waals surface area contributed by atoms with Crippen molar-refractivity contribution < 1.29 is 34.1 Å². The minimum absolute atomic E-state index is 0.0953. The quantitative estimate of drug-likeness (QED) is 0.537. The molecule has 5 rings (SSSR count). The van der Waals surface area contributed by atoms with Crippen LogP contribution in [0.3, 0.4) is 0 Å². The standard InChI is InChI=1S/C28H38FNO6/c1-16-12-21-20-9-8-17-13-19(32)10-11-25(17,2)27(20,29)22(33)14-26(21,3)28(16,23(34)15-31)30(24(35)36)18-6-4-5-7-18/h10-11,13,16,18,20-22,31,33H,4-9,12,14-15H2,1-3H3,(H,35,36)/t16-,20?,21?,22-,25-,26-,27?,28+/m0/s1. The zero-order valence-corrected chi connectivity index (χ0v) is 21.4. The summed E-state index contributed by atoms with van der Waals surface area (Å²) in [4.78, 5) is 40.0. The van der Waals surface area contributed by atoms with Gasteiger partial charge in [0, 0.05) is 22.8 Å². The maximum atomic E-state index is 17.5. The summed E-state index contributed by atoms with van der Waals surface area (Å²) in [7, 11) is 0. The Morgan fingerprint density at radius 1 is 1.17 bits per heavy atom. The van der Waals surface area contributed by atoms with Gasteiger partial charge in [-0.25, -0.2) is 9.18 Å². The number of alkyl halides is 1. The Morgan fingerprint density at radius 3 is 2.44 bits per heavy atom. The highest BCUT2D eigenvalue weighted by molar-refractivity contribution is 6.01. The van der Waals surface area contributed by atoms with E-state index in [1.54, 1.807) is 13.0 Å². The van der Waals surface area contributed by atoms with E-state index in [9.17, 15) is 29.7 Å². The molecule has 3 unspecified atom stereocenters. The van der Waals surface area contributed by atoms with Crippen LogP contribution in [-0.4, -0.2) is 67.8 Å². The highest BCUT2D eigenvalue weighted by Gasteiger charge is 2.77. The summed E-state index contributed by atoms with van der Waals surface area (Å²) in [6.45, 7) is 4.63. The van der Waals surface area contributed by atoms with Crippen molar-refractivity contribution in [3.63, 3.8) is 0 Å². The van der Waals surface area contributed by atoms with Crippen LogP contribution in [0, 0.1) is 28.6 Å². The summed E-state index contributed by atoms with van der Waals surface area (Å²) >= 11 is 0. The molecule has 0 saturated heterocycles. The maximum Gasteiger partial charge on any atom is 0.408 e. The molecule has 0 aliphatic heterocycles. The van der Waals surface area contributed by atoms with Crippen LogP contribution in [0.25, 0.3) is 0 Å². The fraction of sp³-hybridized carbons (Fsp3) is 0.750. The fourth-order valence-corrected chi connectivity index (χ4v) is 9.67. The number of carbonyl (C=O) groups excluding carboxylic acids is 2. The van der Waals surface area contributed by atoms with Crippen molar-refractivity contribution in [2.24, 2.45) is 28.6 Å². The van der Waals surface area contributed by atoms with Crippen molar-refractivity contribution in [2.45, 2.75) is 95.5 Å². The van der Waals surface area contributed by atoms with E-state index >= 15 is 4.39 Å². The molecule has 7 nitrogen and oxygen atoms in total. The molecule has 0 spiro atoms. The number of fused-ring (bicyclic) bond motifs is 5. The number of nitrogens with zero attached hydrogens (tertiary/aromatic N) is 1. The average Bonchev–Trinajstić information content (AvgIpc) is 3.41. The first-order chi connectivity index (χ1) is 16.9. The Hall–Kier alpha value is -2.06. The van der Waals surface area contributed by atoms with Crippen LogP contribution in [-0.2, 0) is 9.59 Å². The number of allylic oxidation sites excluding steroid dienone is 4. The summed E-state index contributed by atoms with van der Waals surface area (Å²) in [5.74, 6) is -2.19. The van der Waals surface area contributed by atoms with E-state index in [1.165, 1.54) is 17.1 Å². The summed E-state index contributed by atoms with van der Waals surface area (Å²) in [5, 5.41) is 32.3. The number of hydrogen-bond acceptors (Lipinski definition) is 5. The van der Waals surface area contributed by atoms with Gasteiger partial charge in [-0.15, -0.1) is 0 Å². The Bertz CT molecular complexity index is 1050. The molecule has 0 radical (unpaired) electrons. The largest absolute Gasteiger partial charge is 0.465 e. The normalized spacial score (nSPS) is 46.1. The summed E-state index contributed by atoms with van der Waals surface area (Å²) in [6.07, 6.45) is 6.05. The van der Waals surface area contributed by atoms with E-state index in [0.29, 0.717) is 37.7 Å². The molecule has 5 aliphatic rings. The minimum Gasteiger partial charge on any atom is -0.465 e. The Balaban J connectivity index is 1.67. The lowest BCUT2D eigenvalue weighted by Crippen LogP contribution is -2.74. The van der Waals surface area contributed by atoms with Gasteiger partial charge in [-0.3, -0.25) is 14.5 Å². The van der Waals surface area contributed by atoms with Crippen molar-refractivity contribution in [3.8, 4) is 0 Å². The van der Waals surface area contributed by atoms with Gasteiger partial charge in [0.2, 0.25) is 0 Å². The first-order valence-electron chi connectivity index (χ1n) is 13.4. The molecule has 8 atom stereocenters. The van der Waals surface area contributed by atoms with E-state index in [-0.39, 0.29) is 24.2 Å². The van der Waals surface area contributed by atoms with Crippen LogP contribution in [0.2, 0.25) is 0 Å².